The Kier molecular flexibility index (Phi) is 6.90. The number of hydrogen-bond donors (Lipinski definition) is 2. The van der Waals surface area contributed by atoms with Gasteiger partial charge in [-0.15, -0.1) is 0 Å². The van der Waals surface area contributed by atoms with Crippen LogP contribution in [0.2, 0.25) is 5.02 Å². The fraction of sp³-hybridized carbons (Fsp3) is 0.406. The van der Waals surface area contributed by atoms with Gasteiger partial charge in [-0.3, -0.25) is 4.90 Å². The van der Waals surface area contributed by atoms with E-state index in [1.165, 1.54) is 12.8 Å². The van der Waals surface area contributed by atoms with Gasteiger partial charge in [0.15, 0.2) is 5.82 Å². The molecule has 1 atom stereocenters. The molecule has 1 aromatic heterocycles. The topological polar surface area (TPSA) is 80.1 Å². The zero-order chi connectivity index (χ0) is 28.0. The molecule has 3 aromatic carbocycles. The monoisotopic (exact) mass is 569 g/mol. The van der Waals surface area contributed by atoms with Crippen molar-refractivity contribution in [3.63, 3.8) is 0 Å². The molecular formula is C32H33ClFN7. The van der Waals surface area contributed by atoms with Crippen molar-refractivity contribution in [2.24, 2.45) is 0 Å². The number of nitrogens with one attached hydrogen (secondary N) is 2. The minimum absolute atomic E-state index is 0.0292. The van der Waals surface area contributed by atoms with E-state index >= 15 is 4.39 Å². The molecule has 3 fully saturated rings. The molecule has 0 aliphatic carbocycles. The first-order chi connectivity index (χ1) is 20.1. The Hall–Kier alpha value is -3.51. The Morgan fingerprint density at radius 3 is 2.66 bits per heavy atom. The van der Waals surface area contributed by atoms with Gasteiger partial charge in [0, 0.05) is 59.1 Å². The molecule has 9 heteroatoms. The lowest BCUT2D eigenvalue weighted by Crippen LogP contribution is -2.51. The Labute approximate surface area is 244 Å². The lowest BCUT2D eigenvalue weighted by Gasteiger charge is -2.35. The second-order valence-corrected chi connectivity index (χ2v) is 12.0. The van der Waals surface area contributed by atoms with E-state index in [-0.39, 0.29) is 17.4 Å². The number of piperazine rings is 1. The number of hydrogen-bond acceptors (Lipinski definition) is 7. The van der Waals surface area contributed by atoms with Crippen LogP contribution in [0.5, 0.6) is 0 Å². The van der Waals surface area contributed by atoms with Gasteiger partial charge in [-0.2, -0.15) is 10.2 Å². The molecule has 7 rings (SSSR count). The summed E-state index contributed by atoms with van der Waals surface area (Å²) in [6.07, 6.45) is 5.14. The highest BCUT2D eigenvalue weighted by Crippen LogP contribution is 2.40. The van der Waals surface area contributed by atoms with Crippen LogP contribution in [0.3, 0.4) is 0 Å². The van der Waals surface area contributed by atoms with Crippen LogP contribution < -0.4 is 15.5 Å². The summed E-state index contributed by atoms with van der Waals surface area (Å²) >= 11 is 6.62. The zero-order valence-electron chi connectivity index (χ0n) is 23.0. The van der Waals surface area contributed by atoms with E-state index in [2.05, 4.69) is 26.5 Å². The van der Waals surface area contributed by atoms with Crippen molar-refractivity contribution < 1.29 is 4.39 Å². The predicted octanol–water partition coefficient (Wildman–Crippen LogP) is 5.97. The quantitative estimate of drug-likeness (QED) is 0.296. The summed E-state index contributed by atoms with van der Waals surface area (Å²) in [6, 6.07) is 17.6. The highest BCUT2D eigenvalue weighted by molar-refractivity contribution is 6.36. The molecule has 0 amide bonds. The van der Waals surface area contributed by atoms with E-state index in [4.69, 9.17) is 21.6 Å². The first kappa shape index (κ1) is 26.4. The molecule has 3 saturated heterocycles. The van der Waals surface area contributed by atoms with Gasteiger partial charge in [0.05, 0.1) is 12.5 Å². The fourth-order valence-corrected chi connectivity index (χ4v) is 7.50. The van der Waals surface area contributed by atoms with Gasteiger partial charge in [0.1, 0.15) is 11.3 Å². The third-order valence-electron chi connectivity index (χ3n) is 9.21. The first-order valence-electron chi connectivity index (χ1n) is 14.6. The molecule has 0 bridgehead atoms. The summed E-state index contributed by atoms with van der Waals surface area (Å²) in [5.74, 6) is 0.769. The average Bonchev–Trinajstić information content (AvgIpc) is 3.57. The summed E-state index contributed by atoms with van der Waals surface area (Å²) in [5, 5.41) is 19.3. The van der Waals surface area contributed by atoms with E-state index in [1.807, 2.05) is 48.5 Å². The van der Waals surface area contributed by atoms with Gasteiger partial charge in [-0.05, 0) is 61.9 Å². The van der Waals surface area contributed by atoms with Crippen LogP contribution in [0.15, 0.2) is 48.5 Å². The summed E-state index contributed by atoms with van der Waals surface area (Å²) in [7, 11) is 0. The van der Waals surface area contributed by atoms with Crippen molar-refractivity contribution in [2.75, 3.05) is 49.5 Å². The third kappa shape index (κ3) is 4.66. The van der Waals surface area contributed by atoms with Crippen molar-refractivity contribution in [3.05, 3.63) is 59.4 Å². The van der Waals surface area contributed by atoms with E-state index in [0.717, 1.165) is 55.4 Å². The van der Waals surface area contributed by atoms with Gasteiger partial charge >= 0.3 is 0 Å². The van der Waals surface area contributed by atoms with Crippen LogP contribution in [-0.2, 0) is 0 Å². The van der Waals surface area contributed by atoms with Gasteiger partial charge in [-0.25, -0.2) is 9.37 Å². The maximum absolute atomic E-state index is 16.7. The standard InChI is InChI=1S/C32H33ClFN7/c33-26-8-2-6-21-5-1-7-23(27(21)26)24-9-10-25-29(28(24)34)38-31(37-20-32-12-3-16-41(32)17-4-13-32)39-30(25)40-18-15-36-22(19-40)11-14-35/h1-2,5-10,22,36H,3-4,11-13,15-20H2,(H,37,38,39)/t22-/m0/s1. The third-order valence-corrected chi connectivity index (χ3v) is 9.53. The van der Waals surface area contributed by atoms with Crippen LogP contribution in [0.4, 0.5) is 16.2 Å². The lowest BCUT2D eigenvalue weighted by molar-refractivity contribution is 0.209. The second kappa shape index (κ2) is 10.7. The fourth-order valence-electron chi connectivity index (χ4n) is 7.22. The van der Waals surface area contributed by atoms with Crippen LogP contribution in [-0.4, -0.2) is 65.7 Å². The number of nitriles is 1. The van der Waals surface area contributed by atoms with Gasteiger partial charge in [-0.1, -0.05) is 48.0 Å². The highest BCUT2D eigenvalue weighted by Gasteiger charge is 2.44. The Balaban J connectivity index is 1.34. The molecule has 3 aliphatic heterocycles. The summed E-state index contributed by atoms with van der Waals surface area (Å²) < 4.78 is 16.7. The summed E-state index contributed by atoms with van der Waals surface area (Å²) in [5.41, 5.74) is 1.63. The predicted molar refractivity (Wildman–Crippen MR) is 163 cm³/mol. The normalized spacial score (nSPS) is 20.4. The molecule has 4 heterocycles. The molecule has 2 N–H and O–H groups in total. The molecule has 7 nitrogen and oxygen atoms in total. The molecule has 41 heavy (non-hydrogen) atoms. The number of benzene rings is 3. The summed E-state index contributed by atoms with van der Waals surface area (Å²) in [6.45, 7) is 5.09. The Bertz CT molecular complexity index is 1650. The number of aromatic nitrogens is 2. The number of halogens is 2. The summed E-state index contributed by atoms with van der Waals surface area (Å²) in [4.78, 5) is 14.5. The SMILES string of the molecule is N#CC[C@H]1CN(c2nc(NCC34CCCN3CCC4)nc3c(F)c(-c4cccc5cccc(Cl)c45)ccc23)CCN1. The van der Waals surface area contributed by atoms with Gasteiger partial charge in [0.25, 0.3) is 0 Å². The van der Waals surface area contributed by atoms with Crippen molar-refractivity contribution in [2.45, 2.75) is 43.7 Å². The first-order valence-corrected chi connectivity index (χ1v) is 15.0. The molecule has 0 radical (unpaired) electrons. The van der Waals surface area contributed by atoms with E-state index < -0.39 is 0 Å². The van der Waals surface area contributed by atoms with E-state index in [1.54, 1.807) is 0 Å². The molecule has 0 unspecified atom stereocenters. The maximum Gasteiger partial charge on any atom is 0.225 e. The van der Waals surface area contributed by atoms with Crippen molar-refractivity contribution in [1.29, 1.82) is 5.26 Å². The molecule has 0 saturated carbocycles. The van der Waals surface area contributed by atoms with Gasteiger partial charge < -0.3 is 15.5 Å². The molecular weight excluding hydrogens is 537 g/mol. The van der Waals surface area contributed by atoms with Crippen LogP contribution >= 0.6 is 11.6 Å². The van der Waals surface area contributed by atoms with Crippen LogP contribution in [0.25, 0.3) is 32.8 Å². The minimum atomic E-state index is -0.383. The number of fused-ring (bicyclic) bond motifs is 3. The number of rotatable bonds is 6. The van der Waals surface area contributed by atoms with Crippen molar-refractivity contribution >= 4 is 45.0 Å². The average molecular weight is 570 g/mol. The second-order valence-electron chi connectivity index (χ2n) is 11.6. The van der Waals surface area contributed by atoms with Crippen molar-refractivity contribution in [3.8, 4) is 17.2 Å². The smallest absolute Gasteiger partial charge is 0.225 e. The molecule has 3 aliphatic rings. The van der Waals surface area contributed by atoms with Gasteiger partial charge in [0.2, 0.25) is 5.95 Å². The Morgan fingerprint density at radius 2 is 1.85 bits per heavy atom. The molecule has 0 spiro atoms. The Morgan fingerprint density at radius 1 is 1.05 bits per heavy atom. The van der Waals surface area contributed by atoms with Crippen LogP contribution in [0, 0.1) is 17.1 Å². The number of anilines is 2. The maximum atomic E-state index is 16.7. The highest BCUT2D eigenvalue weighted by atomic mass is 35.5. The zero-order valence-corrected chi connectivity index (χ0v) is 23.7. The largest absolute Gasteiger partial charge is 0.353 e. The van der Waals surface area contributed by atoms with Crippen molar-refractivity contribution in [1.82, 2.24) is 20.2 Å². The lowest BCUT2D eigenvalue weighted by atomic mass is 9.94. The van der Waals surface area contributed by atoms with E-state index in [0.29, 0.717) is 52.8 Å². The molecule has 4 aromatic rings. The van der Waals surface area contributed by atoms with Crippen LogP contribution in [0.1, 0.15) is 32.1 Å². The number of nitrogens with zero attached hydrogens (tertiary/aromatic N) is 5. The van der Waals surface area contributed by atoms with E-state index in [9.17, 15) is 5.26 Å². The minimum Gasteiger partial charge on any atom is -0.353 e. The molecule has 210 valence electrons.